The number of hydrogen-bond acceptors (Lipinski definition) is 5. The molecule has 0 aliphatic rings. The SMILES string of the molecule is Cc1cc(C)c(S(=O)(=O)Oc2cccc(NC(=O)Nc3cccc(O)c3)c2)c(C)c1. The number of anilines is 2. The summed E-state index contributed by atoms with van der Waals surface area (Å²) in [6.45, 7) is 5.34. The van der Waals surface area contributed by atoms with Crippen molar-refractivity contribution in [2.24, 2.45) is 0 Å². The molecule has 0 heterocycles. The number of carbonyl (C=O) groups excluding carboxylic acids is 1. The highest BCUT2D eigenvalue weighted by atomic mass is 32.2. The minimum absolute atomic E-state index is 0.0232. The fourth-order valence-electron chi connectivity index (χ4n) is 3.23. The third-order valence-corrected chi connectivity index (χ3v) is 5.81. The van der Waals surface area contributed by atoms with Gasteiger partial charge in [-0.1, -0.05) is 29.8 Å². The number of benzene rings is 3. The first kappa shape index (κ1) is 21.2. The van der Waals surface area contributed by atoms with E-state index in [4.69, 9.17) is 4.18 Å². The number of rotatable bonds is 5. The topological polar surface area (TPSA) is 105 Å². The molecule has 3 N–H and O–H groups in total. The Morgan fingerprint density at radius 2 is 1.43 bits per heavy atom. The Kier molecular flexibility index (Phi) is 5.98. The standard InChI is InChI=1S/C22H22N2O5S/c1-14-10-15(2)21(16(3)11-14)30(27,28)29-20-9-5-7-18(13-20)24-22(26)23-17-6-4-8-19(25)12-17/h4-13,25H,1-3H3,(H2,23,24,26). The van der Waals surface area contributed by atoms with Gasteiger partial charge in [0.15, 0.2) is 0 Å². The molecule has 0 atom stereocenters. The van der Waals surface area contributed by atoms with Gasteiger partial charge in [0, 0.05) is 23.5 Å². The second-order valence-corrected chi connectivity index (χ2v) is 8.41. The average molecular weight is 426 g/mol. The third kappa shape index (κ3) is 5.09. The van der Waals surface area contributed by atoms with Crippen LogP contribution in [0.2, 0.25) is 0 Å². The Morgan fingerprint density at radius 3 is 2.03 bits per heavy atom. The van der Waals surface area contributed by atoms with Gasteiger partial charge in [-0.05, 0) is 56.2 Å². The molecular formula is C22H22N2O5S. The molecule has 3 rings (SSSR count). The molecular weight excluding hydrogens is 404 g/mol. The maximum Gasteiger partial charge on any atom is 0.339 e. The summed E-state index contributed by atoms with van der Waals surface area (Å²) in [4.78, 5) is 12.3. The van der Waals surface area contributed by atoms with E-state index in [1.54, 1.807) is 50.2 Å². The van der Waals surface area contributed by atoms with Crippen molar-refractivity contribution in [3.8, 4) is 11.5 Å². The smallest absolute Gasteiger partial charge is 0.339 e. The molecule has 2 amide bonds. The van der Waals surface area contributed by atoms with E-state index in [2.05, 4.69) is 10.6 Å². The fourth-order valence-corrected chi connectivity index (χ4v) is 4.58. The van der Waals surface area contributed by atoms with Gasteiger partial charge in [-0.3, -0.25) is 0 Å². The summed E-state index contributed by atoms with van der Waals surface area (Å²) in [6.07, 6.45) is 0. The number of phenolic OH excluding ortho intramolecular Hbond substituents is 1. The molecule has 8 heteroatoms. The molecule has 0 spiro atoms. The molecule has 3 aromatic carbocycles. The van der Waals surface area contributed by atoms with E-state index < -0.39 is 16.1 Å². The summed E-state index contributed by atoms with van der Waals surface area (Å²) in [5, 5.41) is 14.6. The molecule has 0 aromatic heterocycles. The summed E-state index contributed by atoms with van der Waals surface area (Å²) >= 11 is 0. The molecule has 0 radical (unpaired) electrons. The Hall–Kier alpha value is -3.52. The van der Waals surface area contributed by atoms with Gasteiger partial charge in [-0.15, -0.1) is 0 Å². The van der Waals surface area contributed by atoms with Crippen LogP contribution in [0.25, 0.3) is 0 Å². The number of aryl methyl sites for hydroxylation is 3. The lowest BCUT2D eigenvalue weighted by Crippen LogP contribution is -2.19. The lowest BCUT2D eigenvalue weighted by Gasteiger charge is -2.14. The maximum absolute atomic E-state index is 12.8. The number of amides is 2. The highest BCUT2D eigenvalue weighted by Crippen LogP contribution is 2.27. The van der Waals surface area contributed by atoms with E-state index in [0.29, 0.717) is 22.5 Å². The van der Waals surface area contributed by atoms with Crippen molar-refractivity contribution >= 4 is 27.5 Å². The summed E-state index contributed by atoms with van der Waals surface area (Å²) in [5.41, 5.74) is 2.93. The molecule has 0 aliphatic heterocycles. The summed E-state index contributed by atoms with van der Waals surface area (Å²) in [7, 11) is -4.05. The highest BCUT2D eigenvalue weighted by molar-refractivity contribution is 7.87. The predicted molar refractivity (Wildman–Crippen MR) is 116 cm³/mol. The molecule has 0 fully saturated rings. The van der Waals surface area contributed by atoms with Crippen molar-refractivity contribution in [2.75, 3.05) is 10.6 Å². The summed E-state index contributed by atoms with van der Waals surface area (Å²) in [5.74, 6) is 0.0969. The van der Waals surface area contributed by atoms with Crippen molar-refractivity contribution in [3.05, 3.63) is 77.4 Å². The average Bonchev–Trinajstić information content (AvgIpc) is 2.60. The Bertz CT molecular complexity index is 1180. The Balaban J connectivity index is 1.76. The Morgan fingerprint density at radius 1 is 0.867 bits per heavy atom. The minimum atomic E-state index is -4.05. The van der Waals surface area contributed by atoms with Crippen molar-refractivity contribution in [3.63, 3.8) is 0 Å². The van der Waals surface area contributed by atoms with Crippen LogP contribution in [0.1, 0.15) is 16.7 Å². The molecule has 0 saturated carbocycles. The van der Waals surface area contributed by atoms with Gasteiger partial charge < -0.3 is 19.9 Å². The van der Waals surface area contributed by atoms with Crippen LogP contribution in [-0.2, 0) is 10.1 Å². The van der Waals surface area contributed by atoms with Gasteiger partial charge >= 0.3 is 16.1 Å². The first-order valence-corrected chi connectivity index (χ1v) is 10.5. The number of phenols is 1. The molecule has 0 unspecified atom stereocenters. The van der Waals surface area contributed by atoms with Crippen LogP contribution in [0.4, 0.5) is 16.2 Å². The predicted octanol–water partition coefficient (Wildman–Crippen LogP) is 4.73. The minimum Gasteiger partial charge on any atom is -0.508 e. The number of aromatic hydroxyl groups is 1. The molecule has 0 saturated heterocycles. The Labute approximate surface area is 175 Å². The normalized spacial score (nSPS) is 11.0. The van der Waals surface area contributed by atoms with E-state index >= 15 is 0 Å². The van der Waals surface area contributed by atoms with Crippen molar-refractivity contribution in [1.29, 1.82) is 0 Å². The monoisotopic (exact) mass is 426 g/mol. The van der Waals surface area contributed by atoms with Crippen LogP contribution in [0.5, 0.6) is 11.5 Å². The first-order valence-electron chi connectivity index (χ1n) is 9.13. The van der Waals surface area contributed by atoms with Gasteiger partial charge in [0.05, 0.1) is 0 Å². The zero-order valence-corrected chi connectivity index (χ0v) is 17.6. The lowest BCUT2D eigenvalue weighted by atomic mass is 10.1. The van der Waals surface area contributed by atoms with Crippen LogP contribution in [-0.4, -0.2) is 19.6 Å². The van der Waals surface area contributed by atoms with Crippen LogP contribution in [0.15, 0.2) is 65.6 Å². The van der Waals surface area contributed by atoms with Crippen LogP contribution in [0, 0.1) is 20.8 Å². The summed E-state index contributed by atoms with van der Waals surface area (Å²) in [6, 6.07) is 15.2. The second kappa shape index (κ2) is 8.46. The molecule has 7 nitrogen and oxygen atoms in total. The van der Waals surface area contributed by atoms with Crippen molar-refractivity contribution in [1.82, 2.24) is 0 Å². The van der Waals surface area contributed by atoms with Gasteiger partial charge in [-0.25, -0.2) is 4.79 Å². The molecule has 30 heavy (non-hydrogen) atoms. The third-order valence-electron chi connectivity index (χ3n) is 4.26. The number of urea groups is 1. The number of nitrogens with one attached hydrogen (secondary N) is 2. The zero-order valence-electron chi connectivity index (χ0n) is 16.8. The van der Waals surface area contributed by atoms with Gasteiger partial charge in [-0.2, -0.15) is 8.42 Å². The fraction of sp³-hybridized carbons (Fsp3) is 0.136. The second-order valence-electron chi connectivity index (χ2n) is 6.92. The largest absolute Gasteiger partial charge is 0.508 e. The van der Waals surface area contributed by atoms with Crippen LogP contribution >= 0.6 is 0 Å². The van der Waals surface area contributed by atoms with Crippen molar-refractivity contribution in [2.45, 2.75) is 25.7 Å². The highest BCUT2D eigenvalue weighted by Gasteiger charge is 2.22. The van der Waals surface area contributed by atoms with E-state index in [1.807, 2.05) is 6.92 Å². The molecule has 3 aromatic rings. The van der Waals surface area contributed by atoms with Gasteiger partial charge in [0.2, 0.25) is 0 Å². The molecule has 0 bridgehead atoms. The molecule has 156 valence electrons. The van der Waals surface area contributed by atoms with Gasteiger partial charge in [0.1, 0.15) is 16.4 Å². The number of hydrogen-bond donors (Lipinski definition) is 3. The molecule has 0 aliphatic carbocycles. The van der Waals surface area contributed by atoms with Crippen molar-refractivity contribution < 1.29 is 22.5 Å². The summed E-state index contributed by atoms with van der Waals surface area (Å²) < 4.78 is 30.9. The van der Waals surface area contributed by atoms with E-state index in [1.165, 1.54) is 24.3 Å². The first-order chi connectivity index (χ1) is 14.1. The maximum atomic E-state index is 12.8. The van der Waals surface area contributed by atoms with E-state index in [9.17, 15) is 18.3 Å². The lowest BCUT2D eigenvalue weighted by molar-refractivity contribution is 0.262. The van der Waals surface area contributed by atoms with Crippen LogP contribution < -0.4 is 14.8 Å². The number of carbonyl (C=O) groups is 1. The van der Waals surface area contributed by atoms with Gasteiger partial charge in [0.25, 0.3) is 0 Å². The van der Waals surface area contributed by atoms with E-state index in [-0.39, 0.29) is 16.4 Å². The zero-order chi connectivity index (χ0) is 21.9. The quantitative estimate of drug-likeness (QED) is 0.512. The van der Waals surface area contributed by atoms with E-state index in [0.717, 1.165) is 5.56 Å². The van der Waals surface area contributed by atoms with Crippen LogP contribution in [0.3, 0.4) is 0 Å².